The average molecular weight is 280 g/mol. The van der Waals surface area contributed by atoms with Crippen molar-refractivity contribution in [3.63, 3.8) is 0 Å². The first-order valence-electron chi connectivity index (χ1n) is 6.16. The van der Waals surface area contributed by atoms with Crippen molar-refractivity contribution in [3.8, 4) is 6.07 Å². The number of hydrogen-bond acceptors (Lipinski definition) is 4. The van der Waals surface area contributed by atoms with E-state index in [-0.39, 0.29) is 12.3 Å². The summed E-state index contributed by atoms with van der Waals surface area (Å²) in [4.78, 5) is 0. The molecular weight excluding hydrogens is 264 g/mol. The molecule has 1 atom stereocenters. The van der Waals surface area contributed by atoms with Gasteiger partial charge in [0.2, 0.25) is 10.0 Å². The van der Waals surface area contributed by atoms with E-state index in [0.29, 0.717) is 30.5 Å². The van der Waals surface area contributed by atoms with Crippen molar-refractivity contribution >= 4 is 10.0 Å². The standard InChI is InChI=1S/C13H16N2O3S/c14-8-11-3-1-4-12(7-11)10-19(17,18)15-6-2-5-13(16)9-15/h1,3-4,7,13,16H,2,5-6,9-10H2/t13-/m0/s1. The molecule has 0 amide bonds. The quantitative estimate of drug-likeness (QED) is 0.889. The number of nitrogens with zero attached hydrogens (tertiary/aromatic N) is 2. The van der Waals surface area contributed by atoms with Crippen molar-refractivity contribution in [2.75, 3.05) is 13.1 Å². The molecule has 0 bridgehead atoms. The minimum Gasteiger partial charge on any atom is -0.392 e. The second-order valence-electron chi connectivity index (χ2n) is 4.72. The Kier molecular flexibility index (Phi) is 4.20. The highest BCUT2D eigenvalue weighted by Crippen LogP contribution is 2.18. The number of rotatable bonds is 3. The summed E-state index contributed by atoms with van der Waals surface area (Å²) in [6.45, 7) is 0.623. The molecule has 1 saturated heterocycles. The van der Waals surface area contributed by atoms with Crippen LogP contribution in [0.2, 0.25) is 0 Å². The van der Waals surface area contributed by atoms with Crippen LogP contribution in [0.3, 0.4) is 0 Å². The number of benzene rings is 1. The lowest BCUT2D eigenvalue weighted by Crippen LogP contribution is -2.42. The summed E-state index contributed by atoms with van der Waals surface area (Å²) in [5.74, 6) is -0.130. The molecule has 0 aliphatic carbocycles. The molecule has 0 radical (unpaired) electrons. The largest absolute Gasteiger partial charge is 0.392 e. The number of sulfonamides is 1. The third kappa shape index (κ3) is 3.53. The van der Waals surface area contributed by atoms with E-state index in [0.717, 1.165) is 0 Å². The van der Waals surface area contributed by atoms with E-state index < -0.39 is 16.1 Å². The molecule has 0 aromatic heterocycles. The van der Waals surface area contributed by atoms with Gasteiger partial charge in [0.25, 0.3) is 0 Å². The fourth-order valence-corrected chi connectivity index (χ4v) is 3.80. The van der Waals surface area contributed by atoms with Gasteiger partial charge in [-0.2, -0.15) is 9.57 Å². The van der Waals surface area contributed by atoms with Crippen molar-refractivity contribution in [1.82, 2.24) is 4.31 Å². The minimum absolute atomic E-state index is 0.130. The molecule has 19 heavy (non-hydrogen) atoms. The van der Waals surface area contributed by atoms with Crippen molar-refractivity contribution < 1.29 is 13.5 Å². The van der Waals surface area contributed by atoms with Crippen molar-refractivity contribution in [1.29, 1.82) is 5.26 Å². The monoisotopic (exact) mass is 280 g/mol. The van der Waals surface area contributed by atoms with Gasteiger partial charge in [-0.15, -0.1) is 0 Å². The van der Waals surface area contributed by atoms with Crippen molar-refractivity contribution in [3.05, 3.63) is 35.4 Å². The minimum atomic E-state index is -3.43. The van der Waals surface area contributed by atoms with Gasteiger partial charge in [0.1, 0.15) is 0 Å². The lowest BCUT2D eigenvalue weighted by molar-refractivity contribution is 0.108. The summed E-state index contributed by atoms with van der Waals surface area (Å²) >= 11 is 0. The number of piperidine rings is 1. The van der Waals surface area contributed by atoms with E-state index in [1.54, 1.807) is 24.3 Å². The summed E-state index contributed by atoms with van der Waals surface area (Å²) in [6.07, 6.45) is 0.753. The van der Waals surface area contributed by atoms with E-state index in [9.17, 15) is 13.5 Å². The van der Waals surface area contributed by atoms with Crippen LogP contribution in [0.4, 0.5) is 0 Å². The van der Waals surface area contributed by atoms with Gasteiger partial charge in [-0.1, -0.05) is 12.1 Å². The Balaban J connectivity index is 2.14. The van der Waals surface area contributed by atoms with Crippen LogP contribution < -0.4 is 0 Å². The first-order chi connectivity index (χ1) is 9.01. The summed E-state index contributed by atoms with van der Waals surface area (Å²) < 4.78 is 25.8. The Bertz CT molecular complexity index is 592. The van der Waals surface area contributed by atoms with Gasteiger partial charge < -0.3 is 5.11 Å². The summed E-state index contributed by atoms with van der Waals surface area (Å²) in [7, 11) is -3.43. The smallest absolute Gasteiger partial charge is 0.218 e. The Morgan fingerprint density at radius 1 is 1.47 bits per heavy atom. The van der Waals surface area contributed by atoms with Crippen LogP contribution in [0, 0.1) is 11.3 Å². The number of aliphatic hydroxyl groups is 1. The zero-order valence-corrected chi connectivity index (χ0v) is 11.3. The van der Waals surface area contributed by atoms with Gasteiger partial charge in [-0.05, 0) is 30.5 Å². The molecular formula is C13H16N2O3S. The van der Waals surface area contributed by atoms with Crippen LogP contribution in [-0.2, 0) is 15.8 Å². The van der Waals surface area contributed by atoms with Crippen LogP contribution in [0.25, 0.3) is 0 Å². The third-order valence-electron chi connectivity index (χ3n) is 3.16. The molecule has 1 aromatic carbocycles. The maximum absolute atomic E-state index is 12.2. The van der Waals surface area contributed by atoms with E-state index in [1.165, 1.54) is 4.31 Å². The number of hydrogen-bond donors (Lipinski definition) is 1. The van der Waals surface area contributed by atoms with Crippen LogP contribution in [0.1, 0.15) is 24.0 Å². The topological polar surface area (TPSA) is 81.4 Å². The highest BCUT2D eigenvalue weighted by Gasteiger charge is 2.27. The Labute approximate surface area is 113 Å². The maximum Gasteiger partial charge on any atom is 0.218 e. The lowest BCUT2D eigenvalue weighted by Gasteiger charge is -2.29. The van der Waals surface area contributed by atoms with E-state index >= 15 is 0 Å². The van der Waals surface area contributed by atoms with Crippen molar-refractivity contribution in [2.45, 2.75) is 24.7 Å². The Morgan fingerprint density at radius 2 is 2.26 bits per heavy atom. The number of nitriles is 1. The predicted molar refractivity (Wildman–Crippen MR) is 70.6 cm³/mol. The van der Waals surface area contributed by atoms with Gasteiger partial charge >= 0.3 is 0 Å². The van der Waals surface area contributed by atoms with Gasteiger partial charge in [0, 0.05) is 13.1 Å². The summed E-state index contributed by atoms with van der Waals surface area (Å²) in [5, 5.41) is 18.3. The van der Waals surface area contributed by atoms with Crippen LogP contribution in [0.15, 0.2) is 24.3 Å². The number of β-amino-alcohol motifs (C(OH)–C–C–N with tert-alkyl or cyclic N) is 1. The third-order valence-corrected chi connectivity index (χ3v) is 4.97. The van der Waals surface area contributed by atoms with Crippen molar-refractivity contribution in [2.24, 2.45) is 0 Å². The molecule has 1 aliphatic heterocycles. The SMILES string of the molecule is N#Cc1cccc(CS(=O)(=O)N2CCC[C@H](O)C2)c1. The first-order valence-corrected chi connectivity index (χ1v) is 7.77. The fourth-order valence-electron chi connectivity index (χ4n) is 2.21. The molecule has 2 rings (SSSR count). The van der Waals surface area contributed by atoms with E-state index in [2.05, 4.69) is 0 Å². The Morgan fingerprint density at radius 3 is 2.95 bits per heavy atom. The zero-order chi connectivity index (χ0) is 13.9. The second-order valence-corrected chi connectivity index (χ2v) is 6.69. The van der Waals surface area contributed by atoms with Gasteiger partial charge in [0.05, 0.1) is 23.5 Å². The van der Waals surface area contributed by atoms with Crippen LogP contribution in [0.5, 0.6) is 0 Å². The molecule has 0 spiro atoms. The summed E-state index contributed by atoms with van der Waals surface area (Å²) in [5.41, 5.74) is 1.05. The van der Waals surface area contributed by atoms with Crippen LogP contribution in [-0.4, -0.2) is 37.0 Å². The highest BCUT2D eigenvalue weighted by molar-refractivity contribution is 7.88. The molecule has 0 saturated carbocycles. The molecule has 1 N–H and O–H groups in total. The second kappa shape index (κ2) is 5.70. The fraction of sp³-hybridized carbons (Fsp3) is 0.462. The van der Waals surface area contributed by atoms with Gasteiger partial charge in [-0.25, -0.2) is 8.42 Å². The summed E-state index contributed by atoms with van der Waals surface area (Å²) in [6, 6.07) is 8.58. The van der Waals surface area contributed by atoms with Gasteiger partial charge in [0.15, 0.2) is 0 Å². The molecule has 5 nitrogen and oxygen atoms in total. The predicted octanol–water partition coefficient (Wildman–Crippen LogP) is 0.845. The molecule has 0 unspecified atom stereocenters. The molecule has 1 heterocycles. The molecule has 102 valence electrons. The molecule has 6 heteroatoms. The van der Waals surface area contributed by atoms with E-state index in [1.807, 2.05) is 6.07 Å². The maximum atomic E-state index is 12.2. The lowest BCUT2D eigenvalue weighted by atomic mass is 10.1. The zero-order valence-electron chi connectivity index (χ0n) is 10.5. The molecule has 1 aliphatic rings. The molecule has 1 fully saturated rings. The highest BCUT2D eigenvalue weighted by atomic mass is 32.2. The molecule has 1 aromatic rings. The van der Waals surface area contributed by atoms with Crippen LogP contribution >= 0.6 is 0 Å². The first kappa shape index (κ1) is 14.0. The number of aliphatic hydroxyl groups excluding tert-OH is 1. The van der Waals surface area contributed by atoms with Gasteiger partial charge in [-0.3, -0.25) is 0 Å². The van der Waals surface area contributed by atoms with E-state index in [4.69, 9.17) is 5.26 Å². The Hall–Kier alpha value is -1.42. The average Bonchev–Trinajstić information content (AvgIpc) is 2.38. The normalized spacial score (nSPS) is 20.9.